The molecule has 1 unspecified atom stereocenters. The average Bonchev–Trinajstić information content (AvgIpc) is 3.24. The Hall–Kier alpha value is -3.03. The lowest BCUT2D eigenvalue weighted by Crippen LogP contribution is -2.32. The molecule has 134 valence electrons. The first kappa shape index (κ1) is 16.4. The molecule has 1 aromatic carbocycles. The highest BCUT2D eigenvalue weighted by Crippen LogP contribution is 2.40. The van der Waals surface area contributed by atoms with Crippen molar-refractivity contribution in [2.75, 3.05) is 0 Å². The number of benzene rings is 1. The van der Waals surface area contributed by atoms with Crippen LogP contribution in [-0.2, 0) is 18.3 Å². The van der Waals surface area contributed by atoms with Crippen molar-refractivity contribution in [2.24, 2.45) is 13.0 Å². The van der Waals surface area contributed by atoms with Gasteiger partial charge in [-0.05, 0) is 18.8 Å². The molecule has 1 saturated carbocycles. The van der Waals surface area contributed by atoms with Crippen molar-refractivity contribution in [3.8, 4) is 11.4 Å². The number of nitrogens with zero attached hydrogens (tertiary/aromatic N) is 5. The van der Waals surface area contributed by atoms with Crippen molar-refractivity contribution in [1.29, 1.82) is 0 Å². The van der Waals surface area contributed by atoms with Gasteiger partial charge in [0.15, 0.2) is 0 Å². The fraction of sp³-hybridized carbons (Fsp3) is 0.389. The Kier molecular flexibility index (Phi) is 4.47. The molecule has 0 aliphatic heterocycles. The molecule has 2 heterocycles. The molecule has 0 radical (unpaired) electrons. The number of carbonyl (C=O) groups excluding carboxylic acids is 1. The third-order valence-electron chi connectivity index (χ3n) is 4.50. The van der Waals surface area contributed by atoms with Crippen LogP contribution in [0.4, 0.5) is 0 Å². The first-order valence-corrected chi connectivity index (χ1v) is 8.72. The molecule has 1 aliphatic rings. The molecule has 26 heavy (non-hydrogen) atoms. The van der Waals surface area contributed by atoms with E-state index in [9.17, 15) is 4.79 Å². The van der Waals surface area contributed by atoms with Crippen molar-refractivity contribution in [3.05, 3.63) is 48.4 Å². The summed E-state index contributed by atoms with van der Waals surface area (Å²) in [5.41, 5.74) is 0.892. The molecule has 0 spiro atoms. The molecule has 1 fully saturated rings. The summed E-state index contributed by atoms with van der Waals surface area (Å²) in [5, 5.41) is 11.2. The van der Waals surface area contributed by atoms with Gasteiger partial charge in [0.05, 0.1) is 6.04 Å². The molecule has 8 heteroatoms. The number of hydrogen-bond donors (Lipinski definition) is 1. The molecule has 1 aliphatic carbocycles. The zero-order valence-corrected chi connectivity index (χ0v) is 14.5. The van der Waals surface area contributed by atoms with Crippen molar-refractivity contribution in [2.45, 2.75) is 31.7 Å². The van der Waals surface area contributed by atoms with Gasteiger partial charge < -0.3 is 9.84 Å². The van der Waals surface area contributed by atoms with E-state index in [1.807, 2.05) is 37.4 Å². The lowest BCUT2D eigenvalue weighted by molar-refractivity contribution is -0.122. The summed E-state index contributed by atoms with van der Waals surface area (Å²) in [7, 11) is 1.84. The smallest absolute Gasteiger partial charge is 0.227 e. The summed E-state index contributed by atoms with van der Waals surface area (Å²) < 4.78 is 6.97. The monoisotopic (exact) mass is 352 g/mol. The molecule has 0 saturated heterocycles. The summed E-state index contributed by atoms with van der Waals surface area (Å²) in [5.74, 6) is 2.18. The van der Waals surface area contributed by atoms with Crippen LogP contribution in [-0.4, -0.2) is 30.8 Å². The lowest BCUT2D eigenvalue weighted by Gasteiger charge is -2.17. The van der Waals surface area contributed by atoms with Crippen molar-refractivity contribution in [1.82, 2.24) is 30.2 Å². The number of carbonyl (C=O) groups is 1. The summed E-state index contributed by atoms with van der Waals surface area (Å²) in [6.07, 6.45) is 4.41. The van der Waals surface area contributed by atoms with E-state index in [1.54, 1.807) is 4.68 Å². The van der Waals surface area contributed by atoms with Crippen LogP contribution in [0, 0.1) is 5.92 Å². The summed E-state index contributed by atoms with van der Waals surface area (Å²) in [6.45, 7) is 0. The number of amides is 1. The normalized spacial score (nSPS) is 15.0. The van der Waals surface area contributed by atoms with Gasteiger partial charge in [0, 0.05) is 25.5 Å². The molecule has 2 aromatic heterocycles. The van der Waals surface area contributed by atoms with Crippen LogP contribution in [0.15, 0.2) is 41.2 Å². The predicted octanol–water partition coefficient (Wildman–Crippen LogP) is 2.07. The molecule has 1 N–H and O–H groups in total. The van der Waals surface area contributed by atoms with E-state index in [-0.39, 0.29) is 18.4 Å². The van der Waals surface area contributed by atoms with Gasteiger partial charge in [0.25, 0.3) is 0 Å². The van der Waals surface area contributed by atoms with Crippen molar-refractivity contribution < 1.29 is 9.32 Å². The van der Waals surface area contributed by atoms with Gasteiger partial charge in [0.1, 0.15) is 12.2 Å². The van der Waals surface area contributed by atoms with Crippen LogP contribution in [0.25, 0.3) is 11.4 Å². The van der Waals surface area contributed by atoms with Gasteiger partial charge in [0.2, 0.25) is 17.6 Å². The number of hydrogen-bond acceptors (Lipinski definition) is 6. The van der Waals surface area contributed by atoms with Gasteiger partial charge >= 0.3 is 0 Å². The van der Waals surface area contributed by atoms with E-state index in [4.69, 9.17) is 4.52 Å². The van der Waals surface area contributed by atoms with E-state index < -0.39 is 0 Å². The maximum absolute atomic E-state index is 12.4. The first-order valence-electron chi connectivity index (χ1n) is 8.72. The third kappa shape index (κ3) is 3.63. The van der Waals surface area contributed by atoms with E-state index in [2.05, 4.69) is 25.5 Å². The molecule has 3 aromatic rings. The number of aromatic nitrogens is 5. The fourth-order valence-electron chi connectivity index (χ4n) is 2.94. The Morgan fingerprint density at radius 1 is 1.35 bits per heavy atom. The quantitative estimate of drug-likeness (QED) is 0.699. The second kappa shape index (κ2) is 7.07. The molecule has 0 bridgehead atoms. The highest BCUT2D eigenvalue weighted by molar-refractivity contribution is 5.76. The van der Waals surface area contributed by atoms with E-state index in [1.165, 1.54) is 6.33 Å². The predicted molar refractivity (Wildman–Crippen MR) is 92.7 cm³/mol. The Bertz CT molecular complexity index is 884. The second-order valence-electron chi connectivity index (χ2n) is 6.50. The van der Waals surface area contributed by atoms with Crippen LogP contribution < -0.4 is 5.32 Å². The van der Waals surface area contributed by atoms with Gasteiger partial charge in [-0.3, -0.25) is 9.48 Å². The highest BCUT2D eigenvalue weighted by atomic mass is 16.5. The first-order chi connectivity index (χ1) is 12.7. The van der Waals surface area contributed by atoms with E-state index >= 15 is 0 Å². The zero-order chi connectivity index (χ0) is 17.9. The maximum Gasteiger partial charge on any atom is 0.227 e. The summed E-state index contributed by atoms with van der Waals surface area (Å²) in [6, 6.07) is 9.53. The Morgan fingerprint density at radius 3 is 2.85 bits per heavy atom. The third-order valence-corrected chi connectivity index (χ3v) is 4.50. The van der Waals surface area contributed by atoms with Crippen LogP contribution in [0.1, 0.15) is 37.0 Å². The summed E-state index contributed by atoms with van der Waals surface area (Å²) in [4.78, 5) is 21.0. The minimum Gasteiger partial charge on any atom is -0.346 e. The van der Waals surface area contributed by atoms with Crippen LogP contribution in [0.3, 0.4) is 0 Å². The van der Waals surface area contributed by atoms with Crippen LogP contribution in [0.5, 0.6) is 0 Å². The van der Waals surface area contributed by atoms with E-state index in [0.29, 0.717) is 24.1 Å². The van der Waals surface area contributed by atoms with Gasteiger partial charge in [-0.15, -0.1) is 0 Å². The maximum atomic E-state index is 12.4. The number of rotatable bonds is 7. The van der Waals surface area contributed by atoms with Crippen molar-refractivity contribution >= 4 is 5.91 Å². The van der Waals surface area contributed by atoms with Gasteiger partial charge in [-0.1, -0.05) is 35.5 Å². The largest absolute Gasteiger partial charge is 0.346 e. The Balaban J connectivity index is 1.35. The van der Waals surface area contributed by atoms with Crippen LogP contribution >= 0.6 is 0 Å². The SMILES string of the molecule is Cn1ncnc1C(NC(=O)CCc1nc(-c2ccccc2)no1)C1CC1. The topological polar surface area (TPSA) is 98.7 Å². The lowest BCUT2D eigenvalue weighted by atomic mass is 10.1. The molecule has 1 amide bonds. The highest BCUT2D eigenvalue weighted by Gasteiger charge is 2.36. The van der Waals surface area contributed by atoms with Gasteiger partial charge in [-0.25, -0.2) is 4.98 Å². The minimum atomic E-state index is -0.0856. The zero-order valence-electron chi connectivity index (χ0n) is 14.5. The van der Waals surface area contributed by atoms with Gasteiger partial charge in [-0.2, -0.15) is 10.1 Å². The Labute approximate surface area is 150 Å². The number of nitrogens with one attached hydrogen (secondary N) is 1. The molecule has 1 atom stereocenters. The number of aryl methyl sites for hydroxylation is 2. The Morgan fingerprint density at radius 2 is 2.15 bits per heavy atom. The second-order valence-corrected chi connectivity index (χ2v) is 6.50. The average molecular weight is 352 g/mol. The minimum absolute atomic E-state index is 0.0515. The summed E-state index contributed by atoms with van der Waals surface area (Å²) >= 11 is 0. The molecular formula is C18H20N6O2. The molecule has 4 rings (SSSR count). The standard InChI is InChI=1S/C18H20N6O2/c1-24-18(19-11-20-24)16(12-7-8-12)21-14(25)9-10-15-22-17(23-26-15)13-5-3-2-4-6-13/h2-6,11-12,16H,7-10H2,1H3,(H,21,25). The molecular weight excluding hydrogens is 332 g/mol. The van der Waals surface area contributed by atoms with Crippen molar-refractivity contribution in [3.63, 3.8) is 0 Å². The fourth-order valence-corrected chi connectivity index (χ4v) is 2.94. The van der Waals surface area contributed by atoms with Crippen LogP contribution in [0.2, 0.25) is 0 Å². The van der Waals surface area contributed by atoms with E-state index in [0.717, 1.165) is 24.2 Å². The molecule has 8 nitrogen and oxygen atoms in total.